The molecule has 0 aromatic heterocycles. The lowest BCUT2D eigenvalue weighted by molar-refractivity contribution is 0.102. The third kappa shape index (κ3) is 2.86. The van der Waals surface area contributed by atoms with Crippen molar-refractivity contribution in [3.8, 4) is 5.75 Å². The molecule has 0 saturated carbocycles. The SMILES string of the molecule is COc1cc(C(C)(O)c2ccc(Cl)cc2)ccc1Cl. The molecule has 2 rings (SSSR count). The molecule has 4 heteroatoms. The van der Waals surface area contributed by atoms with Crippen molar-refractivity contribution in [3.05, 3.63) is 63.6 Å². The van der Waals surface area contributed by atoms with Gasteiger partial charge in [-0.2, -0.15) is 0 Å². The van der Waals surface area contributed by atoms with Gasteiger partial charge in [0.05, 0.1) is 12.1 Å². The van der Waals surface area contributed by atoms with E-state index in [1.165, 1.54) is 0 Å². The summed E-state index contributed by atoms with van der Waals surface area (Å²) in [5.74, 6) is 0.536. The van der Waals surface area contributed by atoms with Crippen LogP contribution < -0.4 is 4.74 Å². The average Bonchev–Trinajstić information content (AvgIpc) is 2.39. The van der Waals surface area contributed by atoms with Crippen molar-refractivity contribution >= 4 is 23.2 Å². The van der Waals surface area contributed by atoms with Crippen LogP contribution in [0.3, 0.4) is 0 Å². The molecule has 2 aromatic rings. The van der Waals surface area contributed by atoms with Gasteiger partial charge in [0.1, 0.15) is 11.4 Å². The van der Waals surface area contributed by atoms with Gasteiger partial charge >= 0.3 is 0 Å². The van der Waals surface area contributed by atoms with Crippen LogP contribution in [0.2, 0.25) is 10.0 Å². The van der Waals surface area contributed by atoms with Crippen LogP contribution in [0.5, 0.6) is 5.75 Å². The smallest absolute Gasteiger partial charge is 0.137 e. The Balaban J connectivity index is 2.46. The molecule has 0 fully saturated rings. The molecule has 1 N–H and O–H groups in total. The van der Waals surface area contributed by atoms with Crippen molar-refractivity contribution in [1.82, 2.24) is 0 Å². The van der Waals surface area contributed by atoms with Crippen LogP contribution in [0.4, 0.5) is 0 Å². The summed E-state index contributed by atoms with van der Waals surface area (Å²) in [6.07, 6.45) is 0. The van der Waals surface area contributed by atoms with E-state index in [-0.39, 0.29) is 0 Å². The van der Waals surface area contributed by atoms with Crippen LogP contribution in [0, 0.1) is 0 Å². The maximum Gasteiger partial charge on any atom is 0.137 e. The maximum atomic E-state index is 10.7. The van der Waals surface area contributed by atoms with E-state index in [1.54, 1.807) is 56.5 Å². The Morgan fingerprint density at radius 3 is 2.16 bits per heavy atom. The van der Waals surface area contributed by atoms with E-state index in [0.717, 1.165) is 5.56 Å². The second-order valence-corrected chi connectivity index (χ2v) is 5.27. The van der Waals surface area contributed by atoms with Crippen molar-refractivity contribution in [2.75, 3.05) is 7.11 Å². The fourth-order valence-corrected chi connectivity index (χ4v) is 2.22. The first-order chi connectivity index (χ1) is 8.95. The van der Waals surface area contributed by atoms with Crippen LogP contribution in [-0.2, 0) is 5.60 Å². The van der Waals surface area contributed by atoms with Crippen molar-refractivity contribution in [3.63, 3.8) is 0 Å². The molecule has 0 bridgehead atoms. The number of hydrogen-bond donors (Lipinski definition) is 1. The van der Waals surface area contributed by atoms with E-state index < -0.39 is 5.60 Å². The summed E-state index contributed by atoms with van der Waals surface area (Å²) < 4.78 is 5.17. The monoisotopic (exact) mass is 296 g/mol. The molecule has 0 aliphatic rings. The van der Waals surface area contributed by atoms with Crippen LogP contribution in [0.25, 0.3) is 0 Å². The van der Waals surface area contributed by atoms with E-state index in [2.05, 4.69) is 0 Å². The van der Waals surface area contributed by atoms with Crippen molar-refractivity contribution in [2.24, 2.45) is 0 Å². The highest BCUT2D eigenvalue weighted by Gasteiger charge is 2.26. The maximum absolute atomic E-state index is 10.7. The van der Waals surface area contributed by atoms with E-state index in [9.17, 15) is 5.11 Å². The zero-order valence-corrected chi connectivity index (χ0v) is 12.2. The van der Waals surface area contributed by atoms with Crippen molar-refractivity contribution < 1.29 is 9.84 Å². The molecule has 0 radical (unpaired) electrons. The van der Waals surface area contributed by atoms with Gasteiger partial charge < -0.3 is 9.84 Å². The summed E-state index contributed by atoms with van der Waals surface area (Å²) in [7, 11) is 1.54. The molecule has 1 unspecified atom stereocenters. The Bertz CT molecular complexity index is 577. The van der Waals surface area contributed by atoms with Gasteiger partial charge in [0.25, 0.3) is 0 Å². The molecule has 19 heavy (non-hydrogen) atoms. The fourth-order valence-electron chi connectivity index (χ4n) is 1.90. The summed E-state index contributed by atoms with van der Waals surface area (Å²) in [4.78, 5) is 0. The average molecular weight is 297 g/mol. The van der Waals surface area contributed by atoms with Gasteiger partial charge in [-0.05, 0) is 42.3 Å². The molecule has 0 heterocycles. The molecule has 1 atom stereocenters. The number of hydrogen-bond acceptors (Lipinski definition) is 2. The molecule has 2 nitrogen and oxygen atoms in total. The van der Waals surface area contributed by atoms with Gasteiger partial charge in [0.2, 0.25) is 0 Å². The summed E-state index contributed by atoms with van der Waals surface area (Å²) in [6.45, 7) is 1.72. The predicted octanol–water partition coefficient (Wildman–Crippen LogP) is 4.26. The highest BCUT2D eigenvalue weighted by Crippen LogP contribution is 2.34. The van der Waals surface area contributed by atoms with Gasteiger partial charge in [0, 0.05) is 5.02 Å². The fraction of sp³-hybridized carbons (Fsp3) is 0.200. The second-order valence-electron chi connectivity index (χ2n) is 4.43. The minimum absolute atomic E-state index is 0.512. The number of aliphatic hydroxyl groups is 1. The molecule has 100 valence electrons. The Morgan fingerprint density at radius 2 is 1.58 bits per heavy atom. The van der Waals surface area contributed by atoms with Gasteiger partial charge in [-0.1, -0.05) is 41.4 Å². The molecule has 0 aliphatic carbocycles. The molecule has 0 spiro atoms. The van der Waals surface area contributed by atoms with E-state index >= 15 is 0 Å². The number of methoxy groups -OCH3 is 1. The van der Waals surface area contributed by atoms with Gasteiger partial charge in [-0.3, -0.25) is 0 Å². The van der Waals surface area contributed by atoms with Gasteiger partial charge in [-0.15, -0.1) is 0 Å². The zero-order chi connectivity index (χ0) is 14.0. The lowest BCUT2D eigenvalue weighted by Crippen LogP contribution is -2.22. The van der Waals surface area contributed by atoms with Crippen LogP contribution in [-0.4, -0.2) is 12.2 Å². The zero-order valence-electron chi connectivity index (χ0n) is 10.7. The molecule has 0 amide bonds. The largest absolute Gasteiger partial charge is 0.495 e. The summed E-state index contributed by atoms with van der Waals surface area (Å²) in [5, 5.41) is 11.9. The lowest BCUT2D eigenvalue weighted by Gasteiger charge is -2.25. The Kier molecular flexibility index (Phi) is 4.04. The summed E-state index contributed by atoms with van der Waals surface area (Å²) in [6, 6.07) is 12.3. The van der Waals surface area contributed by atoms with Crippen LogP contribution in [0.1, 0.15) is 18.1 Å². The summed E-state index contributed by atoms with van der Waals surface area (Å²) in [5.41, 5.74) is 0.319. The van der Waals surface area contributed by atoms with Crippen LogP contribution >= 0.6 is 23.2 Å². The number of benzene rings is 2. The first-order valence-electron chi connectivity index (χ1n) is 5.77. The molecular weight excluding hydrogens is 283 g/mol. The van der Waals surface area contributed by atoms with Gasteiger partial charge in [-0.25, -0.2) is 0 Å². The minimum atomic E-state index is -1.14. The highest BCUT2D eigenvalue weighted by atomic mass is 35.5. The topological polar surface area (TPSA) is 29.5 Å². The molecule has 0 saturated heterocycles. The molecular formula is C15H14Cl2O2. The molecule has 2 aromatic carbocycles. The lowest BCUT2D eigenvalue weighted by atomic mass is 9.88. The number of rotatable bonds is 3. The number of ether oxygens (including phenoxy) is 1. The Labute approximate surface area is 122 Å². The number of halogens is 2. The first-order valence-corrected chi connectivity index (χ1v) is 6.53. The third-order valence-corrected chi connectivity index (χ3v) is 3.68. The second kappa shape index (κ2) is 5.41. The Hall–Kier alpha value is -1.22. The van der Waals surface area contributed by atoms with Crippen molar-refractivity contribution in [2.45, 2.75) is 12.5 Å². The van der Waals surface area contributed by atoms with Gasteiger partial charge in [0.15, 0.2) is 0 Å². The Morgan fingerprint density at radius 1 is 1.00 bits per heavy atom. The standard InChI is InChI=1S/C15H14Cl2O2/c1-15(18,10-3-6-12(16)7-4-10)11-5-8-13(17)14(9-11)19-2/h3-9,18H,1-2H3. The minimum Gasteiger partial charge on any atom is -0.495 e. The quantitative estimate of drug-likeness (QED) is 0.917. The summed E-state index contributed by atoms with van der Waals surface area (Å²) >= 11 is 11.8. The predicted molar refractivity (Wildman–Crippen MR) is 78.1 cm³/mol. The van der Waals surface area contributed by atoms with E-state index in [0.29, 0.717) is 21.4 Å². The normalized spacial score (nSPS) is 13.9. The highest BCUT2D eigenvalue weighted by molar-refractivity contribution is 6.32. The van der Waals surface area contributed by atoms with Crippen molar-refractivity contribution in [1.29, 1.82) is 0 Å². The molecule has 0 aliphatic heterocycles. The van der Waals surface area contributed by atoms with E-state index in [1.807, 2.05) is 0 Å². The van der Waals surface area contributed by atoms with E-state index in [4.69, 9.17) is 27.9 Å². The third-order valence-electron chi connectivity index (χ3n) is 3.12. The van der Waals surface area contributed by atoms with Crippen LogP contribution in [0.15, 0.2) is 42.5 Å². The first kappa shape index (κ1) is 14.2.